The third-order valence-corrected chi connectivity index (χ3v) is 2.72. The number of amides is 1. The molecule has 17 heavy (non-hydrogen) atoms. The van der Waals surface area contributed by atoms with E-state index in [-0.39, 0.29) is 19.1 Å². The summed E-state index contributed by atoms with van der Waals surface area (Å²) < 4.78 is 5.33. The van der Waals surface area contributed by atoms with E-state index in [4.69, 9.17) is 15.6 Å². The average Bonchev–Trinajstić information content (AvgIpc) is 2.32. The summed E-state index contributed by atoms with van der Waals surface area (Å²) in [7, 11) is 0. The first kappa shape index (κ1) is 11.7. The first-order chi connectivity index (χ1) is 8.22. The van der Waals surface area contributed by atoms with Crippen LogP contribution in [0.1, 0.15) is 12.8 Å². The van der Waals surface area contributed by atoms with E-state index in [1.807, 2.05) is 0 Å². The lowest BCUT2D eigenvalue weighted by molar-refractivity contribution is -0.121. The van der Waals surface area contributed by atoms with Crippen LogP contribution in [0.15, 0.2) is 18.2 Å². The molecule has 1 amide bonds. The molecule has 1 aliphatic heterocycles. The van der Waals surface area contributed by atoms with Gasteiger partial charge >= 0.3 is 0 Å². The Bertz CT molecular complexity index is 420. The maximum Gasteiger partial charge on any atom is 0.265 e. The maximum atomic E-state index is 11.7. The highest BCUT2D eigenvalue weighted by atomic mass is 16.5. The molecule has 2 rings (SSSR count). The Morgan fingerprint density at radius 1 is 1.41 bits per heavy atom. The van der Waals surface area contributed by atoms with E-state index >= 15 is 0 Å². The summed E-state index contributed by atoms with van der Waals surface area (Å²) in [6.45, 7) is 0.794. The van der Waals surface area contributed by atoms with Crippen molar-refractivity contribution in [2.24, 2.45) is 0 Å². The minimum absolute atomic E-state index is 0.0512. The van der Waals surface area contributed by atoms with Crippen LogP contribution in [-0.2, 0) is 4.79 Å². The van der Waals surface area contributed by atoms with Gasteiger partial charge < -0.3 is 20.5 Å². The Balaban J connectivity index is 2.18. The summed E-state index contributed by atoms with van der Waals surface area (Å²) in [6.07, 6.45) is 1.46. The number of nitrogen functional groups attached to an aromatic ring is 1. The smallest absolute Gasteiger partial charge is 0.265 e. The van der Waals surface area contributed by atoms with Gasteiger partial charge in [-0.15, -0.1) is 0 Å². The molecule has 3 N–H and O–H groups in total. The van der Waals surface area contributed by atoms with Gasteiger partial charge in [0.25, 0.3) is 5.91 Å². The fraction of sp³-hybridized carbons (Fsp3) is 0.417. The number of anilines is 2. The lowest BCUT2D eigenvalue weighted by Gasteiger charge is -2.29. The number of hydrogen-bond acceptors (Lipinski definition) is 4. The van der Waals surface area contributed by atoms with Gasteiger partial charge in [0, 0.05) is 24.9 Å². The fourth-order valence-electron chi connectivity index (χ4n) is 1.85. The third-order valence-electron chi connectivity index (χ3n) is 2.72. The van der Waals surface area contributed by atoms with E-state index < -0.39 is 0 Å². The van der Waals surface area contributed by atoms with E-state index in [0.717, 1.165) is 12.1 Å². The lowest BCUT2D eigenvalue weighted by atomic mass is 10.2. The van der Waals surface area contributed by atoms with Crippen LogP contribution in [0, 0.1) is 0 Å². The number of carbonyl (C=O) groups is 1. The van der Waals surface area contributed by atoms with Crippen LogP contribution < -0.4 is 15.4 Å². The number of fused-ring (bicyclic) bond motifs is 1. The molecule has 0 saturated heterocycles. The molecule has 0 aliphatic carbocycles. The minimum atomic E-state index is -0.0554. The van der Waals surface area contributed by atoms with E-state index in [9.17, 15) is 4.79 Å². The summed E-state index contributed by atoms with van der Waals surface area (Å²) in [6, 6.07) is 5.27. The molecule has 0 saturated carbocycles. The van der Waals surface area contributed by atoms with Crippen LogP contribution in [0.5, 0.6) is 5.75 Å². The van der Waals surface area contributed by atoms with E-state index in [1.165, 1.54) is 0 Å². The molecule has 0 unspecified atom stereocenters. The molecule has 0 fully saturated rings. The standard InChI is InChI=1S/C12H16N2O3/c13-9-3-4-10-11(7-9)17-8-12(16)14(10)5-1-2-6-15/h3-4,7,15H,1-2,5-6,8,13H2. The normalized spacial score (nSPS) is 14.4. The Kier molecular flexibility index (Phi) is 3.49. The molecule has 0 spiro atoms. The number of carbonyl (C=O) groups excluding carboxylic acids is 1. The van der Waals surface area contributed by atoms with Crippen LogP contribution in [0.25, 0.3) is 0 Å². The predicted octanol–water partition coefficient (Wildman–Crippen LogP) is 0.767. The van der Waals surface area contributed by atoms with Crippen LogP contribution in [0.3, 0.4) is 0 Å². The van der Waals surface area contributed by atoms with Gasteiger partial charge in [-0.2, -0.15) is 0 Å². The topological polar surface area (TPSA) is 75.8 Å². The number of aliphatic hydroxyl groups excluding tert-OH is 1. The highest BCUT2D eigenvalue weighted by Gasteiger charge is 2.24. The number of hydrogen-bond donors (Lipinski definition) is 2. The van der Waals surface area contributed by atoms with Crippen molar-refractivity contribution in [1.29, 1.82) is 0 Å². The van der Waals surface area contributed by atoms with Crippen molar-refractivity contribution >= 4 is 17.3 Å². The van der Waals surface area contributed by atoms with Gasteiger partial charge in [0.2, 0.25) is 0 Å². The zero-order chi connectivity index (χ0) is 12.3. The van der Waals surface area contributed by atoms with Crippen molar-refractivity contribution in [1.82, 2.24) is 0 Å². The van der Waals surface area contributed by atoms with Gasteiger partial charge in [-0.1, -0.05) is 0 Å². The highest BCUT2D eigenvalue weighted by Crippen LogP contribution is 2.33. The van der Waals surface area contributed by atoms with Crippen LogP contribution in [-0.4, -0.2) is 30.8 Å². The molecule has 5 nitrogen and oxygen atoms in total. The molecule has 0 bridgehead atoms. The molecule has 0 radical (unpaired) electrons. The summed E-state index contributed by atoms with van der Waals surface area (Å²) in [5.41, 5.74) is 7.04. The van der Waals surface area contributed by atoms with Crippen molar-refractivity contribution in [3.63, 3.8) is 0 Å². The van der Waals surface area contributed by atoms with E-state index in [0.29, 0.717) is 24.4 Å². The molecule has 92 valence electrons. The van der Waals surface area contributed by atoms with Gasteiger partial charge in [0.1, 0.15) is 5.75 Å². The first-order valence-electron chi connectivity index (χ1n) is 5.66. The number of aliphatic hydroxyl groups is 1. The first-order valence-corrected chi connectivity index (χ1v) is 5.66. The summed E-state index contributed by atoms with van der Waals surface area (Å²) in [4.78, 5) is 13.4. The van der Waals surface area contributed by atoms with Gasteiger partial charge in [-0.25, -0.2) is 0 Å². The molecule has 1 heterocycles. The molecule has 1 aliphatic rings. The van der Waals surface area contributed by atoms with Crippen LogP contribution >= 0.6 is 0 Å². The predicted molar refractivity (Wildman–Crippen MR) is 65.0 cm³/mol. The summed E-state index contributed by atoms with van der Waals surface area (Å²) >= 11 is 0. The molecular formula is C12H16N2O3. The lowest BCUT2D eigenvalue weighted by Crippen LogP contribution is -2.39. The summed E-state index contributed by atoms with van der Waals surface area (Å²) in [5, 5.41) is 8.75. The Hall–Kier alpha value is -1.75. The van der Waals surface area contributed by atoms with Crippen molar-refractivity contribution in [3.05, 3.63) is 18.2 Å². The third kappa shape index (κ3) is 2.50. The van der Waals surface area contributed by atoms with Crippen LogP contribution in [0.4, 0.5) is 11.4 Å². The monoisotopic (exact) mass is 236 g/mol. The van der Waals surface area contributed by atoms with Gasteiger partial charge in [-0.05, 0) is 25.0 Å². The number of unbranched alkanes of at least 4 members (excludes halogenated alkanes) is 1. The molecule has 0 atom stereocenters. The maximum absolute atomic E-state index is 11.7. The van der Waals surface area contributed by atoms with Crippen LogP contribution in [0.2, 0.25) is 0 Å². The Labute approximate surface area is 99.8 Å². The van der Waals surface area contributed by atoms with Crippen molar-refractivity contribution in [2.75, 3.05) is 30.4 Å². The summed E-state index contributed by atoms with van der Waals surface area (Å²) in [5.74, 6) is 0.591. The van der Waals surface area contributed by atoms with Crippen molar-refractivity contribution in [2.45, 2.75) is 12.8 Å². The Morgan fingerprint density at radius 2 is 2.24 bits per heavy atom. The van der Waals surface area contributed by atoms with E-state index in [2.05, 4.69) is 0 Å². The number of nitrogens with two attached hydrogens (primary N) is 1. The highest BCUT2D eigenvalue weighted by molar-refractivity contribution is 5.98. The molecule has 5 heteroatoms. The molecule has 1 aromatic carbocycles. The average molecular weight is 236 g/mol. The number of ether oxygens (including phenoxy) is 1. The number of nitrogens with zero attached hydrogens (tertiary/aromatic N) is 1. The molecule has 0 aromatic heterocycles. The number of benzene rings is 1. The zero-order valence-corrected chi connectivity index (χ0v) is 9.56. The van der Waals surface area contributed by atoms with Gasteiger partial charge in [0.05, 0.1) is 5.69 Å². The van der Waals surface area contributed by atoms with Gasteiger partial charge in [0.15, 0.2) is 6.61 Å². The Morgan fingerprint density at radius 3 is 3.00 bits per heavy atom. The second kappa shape index (κ2) is 5.05. The SMILES string of the molecule is Nc1ccc2c(c1)OCC(=O)N2CCCCO. The molecular weight excluding hydrogens is 220 g/mol. The second-order valence-corrected chi connectivity index (χ2v) is 3.99. The van der Waals surface area contributed by atoms with Gasteiger partial charge in [-0.3, -0.25) is 4.79 Å². The number of rotatable bonds is 4. The van der Waals surface area contributed by atoms with E-state index in [1.54, 1.807) is 23.1 Å². The second-order valence-electron chi connectivity index (χ2n) is 3.99. The van der Waals surface area contributed by atoms with Crippen molar-refractivity contribution < 1.29 is 14.6 Å². The zero-order valence-electron chi connectivity index (χ0n) is 9.56. The quantitative estimate of drug-likeness (QED) is 0.598. The van der Waals surface area contributed by atoms with Crippen molar-refractivity contribution in [3.8, 4) is 5.75 Å². The molecule has 1 aromatic rings. The minimum Gasteiger partial charge on any atom is -0.481 e. The fourth-order valence-corrected chi connectivity index (χ4v) is 1.85. The largest absolute Gasteiger partial charge is 0.481 e.